The van der Waals surface area contributed by atoms with Crippen molar-refractivity contribution in [3.8, 4) is 0 Å². The normalized spacial score (nSPS) is 11.2. The van der Waals surface area contributed by atoms with Crippen LogP contribution in [0.4, 0.5) is 14.5 Å². The van der Waals surface area contributed by atoms with Gasteiger partial charge in [0.15, 0.2) is 0 Å². The van der Waals surface area contributed by atoms with E-state index in [1.165, 1.54) is 12.1 Å². The first-order chi connectivity index (χ1) is 8.47. The largest absolute Gasteiger partial charge is 0.278 e. The molecular formula is C11H8F2N2O2S. The zero-order valence-corrected chi connectivity index (χ0v) is 9.79. The highest BCUT2D eigenvalue weighted by Gasteiger charge is 2.15. The van der Waals surface area contributed by atoms with Crippen LogP contribution in [0.3, 0.4) is 0 Å². The number of anilines is 1. The second kappa shape index (κ2) is 4.69. The van der Waals surface area contributed by atoms with E-state index in [-0.39, 0.29) is 10.6 Å². The number of hydrogen-bond donors (Lipinski definition) is 1. The van der Waals surface area contributed by atoms with Crippen LogP contribution in [0.15, 0.2) is 47.6 Å². The summed E-state index contributed by atoms with van der Waals surface area (Å²) >= 11 is 0. The Bertz CT molecular complexity index is 674. The third kappa shape index (κ3) is 2.80. The molecule has 18 heavy (non-hydrogen) atoms. The molecule has 7 heteroatoms. The van der Waals surface area contributed by atoms with Gasteiger partial charge in [0.2, 0.25) is 0 Å². The number of benzene rings is 1. The molecule has 0 unspecified atom stereocenters. The topological polar surface area (TPSA) is 59.1 Å². The molecule has 4 nitrogen and oxygen atoms in total. The molecule has 0 amide bonds. The lowest BCUT2D eigenvalue weighted by Gasteiger charge is -2.07. The smallest absolute Gasteiger partial charge is 0.262 e. The van der Waals surface area contributed by atoms with Crippen LogP contribution < -0.4 is 4.72 Å². The van der Waals surface area contributed by atoms with Crippen LogP contribution in [0.1, 0.15) is 0 Å². The molecule has 0 fully saturated rings. The molecule has 0 radical (unpaired) electrons. The Morgan fingerprint density at radius 1 is 1.06 bits per heavy atom. The van der Waals surface area contributed by atoms with E-state index in [4.69, 9.17) is 0 Å². The van der Waals surface area contributed by atoms with Crippen molar-refractivity contribution < 1.29 is 17.2 Å². The van der Waals surface area contributed by atoms with Gasteiger partial charge in [-0.1, -0.05) is 6.07 Å². The Labute approximate surface area is 102 Å². The van der Waals surface area contributed by atoms with Gasteiger partial charge in [-0.25, -0.2) is 17.2 Å². The van der Waals surface area contributed by atoms with Gasteiger partial charge in [0.05, 0.1) is 23.0 Å². The van der Waals surface area contributed by atoms with Crippen molar-refractivity contribution in [2.75, 3.05) is 4.72 Å². The molecule has 0 aliphatic heterocycles. The Hall–Kier alpha value is -2.02. The molecule has 0 aliphatic rings. The van der Waals surface area contributed by atoms with Crippen molar-refractivity contribution in [3.05, 3.63) is 54.4 Å². The molecule has 0 saturated carbocycles. The van der Waals surface area contributed by atoms with E-state index < -0.39 is 21.7 Å². The van der Waals surface area contributed by atoms with E-state index in [0.717, 1.165) is 30.6 Å². The molecule has 0 aliphatic carbocycles. The first-order valence-electron chi connectivity index (χ1n) is 4.86. The fourth-order valence-electron chi connectivity index (χ4n) is 1.32. The van der Waals surface area contributed by atoms with Gasteiger partial charge in [-0.15, -0.1) is 0 Å². The summed E-state index contributed by atoms with van der Waals surface area (Å²) in [5, 5.41) is 0. The third-order valence-corrected chi connectivity index (χ3v) is 3.44. The summed E-state index contributed by atoms with van der Waals surface area (Å²) in [6.07, 6.45) is 2.10. The summed E-state index contributed by atoms with van der Waals surface area (Å²) in [7, 11) is -3.95. The number of hydrogen-bond acceptors (Lipinski definition) is 3. The summed E-state index contributed by atoms with van der Waals surface area (Å²) in [5.41, 5.74) is -0.0285. The molecule has 0 bridgehead atoms. The van der Waals surface area contributed by atoms with Crippen LogP contribution in [-0.2, 0) is 10.0 Å². The highest BCUT2D eigenvalue weighted by molar-refractivity contribution is 7.92. The zero-order valence-electron chi connectivity index (χ0n) is 8.97. The van der Waals surface area contributed by atoms with E-state index in [2.05, 4.69) is 9.71 Å². The number of rotatable bonds is 3. The molecule has 1 aromatic heterocycles. The predicted molar refractivity (Wildman–Crippen MR) is 61.4 cm³/mol. The fraction of sp³-hybridized carbons (Fsp3) is 0. The molecule has 2 aromatic rings. The van der Waals surface area contributed by atoms with Crippen molar-refractivity contribution in [2.24, 2.45) is 0 Å². The van der Waals surface area contributed by atoms with Gasteiger partial charge >= 0.3 is 0 Å². The first-order valence-corrected chi connectivity index (χ1v) is 6.35. The van der Waals surface area contributed by atoms with Crippen LogP contribution in [0, 0.1) is 11.6 Å². The zero-order chi connectivity index (χ0) is 13.2. The van der Waals surface area contributed by atoms with Crippen LogP contribution >= 0.6 is 0 Å². The van der Waals surface area contributed by atoms with Crippen molar-refractivity contribution in [2.45, 2.75) is 4.90 Å². The number of aromatic nitrogens is 1. The van der Waals surface area contributed by atoms with E-state index in [1.54, 1.807) is 0 Å². The fourth-order valence-corrected chi connectivity index (χ4v) is 2.38. The lowest BCUT2D eigenvalue weighted by atomic mass is 10.4. The van der Waals surface area contributed by atoms with Crippen LogP contribution in [0.2, 0.25) is 0 Å². The summed E-state index contributed by atoms with van der Waals surface area (Å²) in [6, 6.07) is 5.48. The minimum atomic E-state index is -3.95. The molecule has 0 spiro atoms. The third-order valence-electron chi connectivity index (χ3n) is 2.06. The lowest BCUT2D eigenvalue weighted by molar-refractivity contribution is 0.595. The average molecular weight is 270 g/mol. The van der Waals surface area contributed by atoms with E-state index in [9.17, 15) is 17.2 Å². The number of nitrogens with one attached hydrogen (secondary N) is 1. The number of halogens is 2. The van der Waals surface area contributed by atoms with Gasteiger partial charge in [-0.2, -0.15) is 0 Å². The first kappa shape index (κ1) is 12.4. The minimum absolute atomic E-state index is 0.0285. The maximum atomic E-state index is 12.9. The van der Waals surface area contributed by atoms with Gasteiger partial charge in [0.1, 0.15) is 11.6 Å². The number of nitrogens with zero attached hydrogens (tertiary/aromatic N) is 1. The summed E-state index contributed by atoms with van der Waals surface area (Å²) in [6.45, 7) is 0. The Balaban J connectivity index is 2.33. The van der Waals surface area contributed by atoms with Gasteiger partial charge in [-0.3, -0.25) is 9.71 Å². The molecule has 1 heterocycles. The van der Waals surface area contributed by atoms with Crippen molar-refractivity contribution >= 4 is 15.7 Å². The van der Waals surface area contributed by atoms with Gasteiger partial charge in [0, 0.05) is 6.07 Å². The molecule has 2 rings (SSSR count). The lowest BCUT2D eigenvalue weighted by Crippen LogP contribution is -2.13. The van der Waals surface area contributed by atoms with Crippen LogP contribution in [-0.4, -0.2) is 13.4 Å². The van der Waals surface area contributed by atoms with Gasteiger partial charge < -0.3 is 0 Å². The van der Waals surface area contributed by atoms with Crippen LogP contribution in [0.5, 0.6) is 0 Å². The average Bonchev–Trinajstić information content (AvgIpc) is 2.28. The van der Waals surface area contributed by atoms with E-state index in [0.29, 0.717) is 0 Å². The number of pyridine rings is 1. The maximum Gasteiger partial charge on any atom is 0.262 e. The molecule has 0 saturated heterocycles. The number of sulfonamides is 1. The summed E-state index contributed by atoms with van der Waals surface area (Å²) in [4.78, 5) is 3.26. The molecule has 1 N–H and O–H groups in total. The van der Waals surface area contributed by atoms with Crippen LogP contribution in [0.25, 0.3) is 0 Å². The highest BCUT2D eigenvalue weighted by atomic mass is 32.2. The van der Waals surface area contributed by atoms with Crippen molar-refractivity contribution in [1.82, 2.24) is 4.98 Å². The minimum Gasteiger partial charge on any atom is -0.278 e. The Morgan fingerprint density at radius 2 is 1.83 bits per heavy atom. The SMILES string of the molecule is O=S(=O)(Nc1cncc(F)c1)c1cccc(F)c1. The summed E-state index contributed by atoms with van der Waals surface area (Å²) in [5.74, 6) is -1.34. The predicted octanol–water partition coefficient (Wildman–Crippen LogP) is 2.16. The van der Waals surface area contributed by atoms with Gasteiger partial charge in [-0.05, 0) is 18.2 Å². The van der Waals surface area contributed by atoms with Gasteiger partial charge in [0.25, 0.3) is 10.0 Å². The molecular weight excluding hydrogens is 262 g/mol. The quantitative estimate of drug-likeness (QED) is 0.929. The molecule has 0 atom stereocenters. The second-order valence-corrected chi connectivity index (χ2v) is 5.14. The van der Waals surface area contributed by atoms with Crippen molar-refractivity contribution in [1.29, 1.82) is 0 Å². The molecule has 94 valence electrons. The van der Waals surface area contributed by atoms with Crippen molar-refractivity contribution in [3.63, 3.8) is 0 Å². The standard InChI is InChI=1S/C11H8F2N2O2S/c12-8-2-1-3-11(5-8)18(16,17)15-10-4-9(13)6-14-7-10/h1-7,15H. The summed E-state index contributed by atoms with van der Waals surface area (Å²) < 4.78 is 51.6. The monoisotopic (exact) mass is 270 g/mol. The highest BCUT2D eigenvalue weighted by Crippen LogP contribution is 2.16. The van der Waals surface area contributed by atoms with E-state index >= 15 is 0 Å². The Morgan fingerprint density at radius 3 is 2.50 bits per heavy atom. The molecule has 1 aromatic carbocycles. The Kier molecular flexibility index (Phi) is 3.24. The van der Waals surface area contributed by atoms with E-state index in [1.807, 2.05) is 0 Å². The second-order valence-electron chi connectivity index (χ2n) is 3.45. The maximum absolute atomic E-state index is 12.9.